The van der Waals surface area contributed by atoms with E-state index in [1.54, 1.807) is 17.0 Å². The number of benzene rings is 2. The van der Waals surface area contributed by atoms with E-state index in [0.29, 0.717) is 30.8 Å². The number of carbonyl (C=O) groups is 2. The van der Waals surface area contributed by atoms with E-state index in [1.165, 1.54) is 9.87 Å². The van der Waals surface area contributed by atoms with Crippen molar-refractivity contribution >= 4 is 21.9 Å². The number of nitrogens with zero attached hydrogens (tertiary/aromatic N) is 2. The maximum atomic E-state index is 13.1. The van der Waals surface area contributed by atoms with Gasteiger partial charge in [0, 0.05) is 26.2 Å². The molecule has 0 unspecified atom stereocenters. The zero-order valence-corrected chi connectivity index (χ0v) is 20.4. The zero-order chi connectivity index (χ0) is 24.1. The summed E-state index contributed by atoms with van der Waals surface area (Å²) >= 11 is 0. The Morgan fingerprint density at radius 3 is 2.44 bits per heavy atom. The van der Waals surface area contributed by atoms with E-state index in [9.17, 15) is 18.0 Å². The van der Waals surface area contributed by atoms with E-state index in [0.717, 1.165) is 30.4 Å². The van der Waals surface area contributed by atoms with Gasteiger partial charge in [-0.1, -0.05) is 36.4 Å². The minimum atomic E-state index is -3.58. The summed E-state index contributed by atoms with van der Waals surface area (Å²) in [5, 5.41) is 0. The van der Waals surface area contributed by atoms with Gasteiger partial charge in [0.25, 0.3) is 5.91 Å². The van der Waals surface area contributed by atoms with E-state index in [2.05, 4.69) is 0 Å². The lowest BCUT2D eigenvalue weighted by Gasteiger charge is -2.30. The Balaban J connectivity index is 1.27. The van der Waals surface area contributed by atoms with Crippen molar-refractivity contribution in [3.05, 3.63) is 65.2 Å². The van der Waals surface area contributed by atoms with Gasteiger partial charge in [0.1, 0.15) is 0 Å². The third-order valence-electron chi connectivity index (χ3n) is 6.78. The lowest BCUT2D eigenvalue weighted by atomic mass is 9.98. The molecule has 1 fully saturated rings. The first-order chi connectivity index (χ1) is 16.4. The van der Waals surface area contributed by atoms with Gasteiger partial charge in [0.15, 0.2) is 6.61 Å². The highest BCUT2D eigenvalue weighted by Gasteiger charge is 2.33. The number of amides is 1. The van der Waals surface area contributed by atoms with Gasteiger partial charge in [0.05, 0.1) is 10.8 Å². The zero-order valence-electron chi connectivity index (χ0n) is 19.6. The molecule has 182 valence electrons. The first-order valence-electron chi connectivity index (χ1n) is 12.0. The highest BCUT2D eigenvalue weighted by molar-refractivity contribution is 7.89. The molecule has 1 aliphatic carbocycles. The van der Waals surface area contributed by atoms with Crippen LogP contribution < -0.4 is 0 Å². The maximum Gasteiger partial charge on any atom is 0.309 e. The van der Waals surface area contributed by atoms with Gasteiger partial charge < -0.3 is 9.64 Å². The minimum absolute atomic E-state index is 0.240. The summed E-state index contributed by atoms with van der Waals surface area (Å²) in [6, 6.07) is 15.1. The van der Waals surface area contributed by atoms with Crippen LogP contribution in [0.5, 0.6) is 0 Å². The number of rotatable bonds is 8. The molecule has 0 bridgehead atoms. The molecule has 1 aliphatic heterocycles. The highest BCUT2D eigenvalue weighted by atomic mass is 32.2. The Labute approximate surface area is 201 Å². The van der Waals surface area contributed by atoms with Crippen molar-refractivity contribution in [2.45, 2.75) is 50.5 Å². The van der Waals surface area contributed by atoms with E-state index >= 15 is 0 Å². The molecule has 0 N–H and O–H groups in total. The predicted molar refractivity (Wildman–Crippen MR) is 128 cm³/mol. The smallest absolute Gasteiger partial charge is 0.309 e. The third kappa shape index (κ3) is 5.50. The molecule has 0 radical (unpaired) electrons. The molecule has 1 heterocycles. The second kappa shape index (κ2) is 10.7. The van der Waals surface area contributed by atoms with E-state index in [1.807, 2.05) is 43.3 Å². The SMILES string of the molecule is CCN(Cc1ccccc1)C(=O)COC(=O)C1CCN(S(=O)(=O)c2ccc3c(c2)CCC3)CC1. The number of fused-ring (bicyclic) bond motifs is 1. The second-order valence-corrected chi connectivity index (χ2v) is 10.9. The highest BCUT2D eigenvalue weighted by Crippen LogP contribution is 2.29. The first kappa shape index (κ1) is 24.4. The van der Waals surface area contributed by atoms with Crippen LogP contribution in [0.1, 0.15) is 42.9 Å². The average Bonchev–Trinajstić information content (AvgIpc) is 3.34. The fourth-order valence-electron chi connectivity index (χ4n) is 4.71. The summed E-state index contributed by atoms with van der Waals surface area (Å²) in [6.07, 6.45) is 3.77. The molecule has 1 amide bonds. The lowest BCUT2D eigenvalue weighted by Crippen LogP contribution is -2.41. The predicted octanol–water partition coefficient (Wildman–Crippen LogP) is 3.17. The molecule has 2 aromatic carbocycles. The van der Waals surface area contributed by atoms with Gasteiger partial charge in [-0.2, -0.15) is 4.31 Å². The van der Waals surface area contributed by atoms with E-state index < -0.39 is 21.9 Å². The molecule has 0 saturated carbocycles. The molecule has 34 heavy (non-hydrogen) atoms. The van der Waals surface area contributed by atoms with Crippen molar-refractivity contribution in [2.24, 2.45) is 5.92 Å². The number of esters is 1. The first-order valence-corrected chi connectivity index (χ1v) is 13.4. The second-order valence-electron chi connectivity index (χ2n) is 8.96. The topological polar surface area (TPSA) is 84.0 Å². The lowest BCUT2D eigenvalue weighted by molar-refractivity contribution is -0.156. The van der Waals surface area contributed by atoms with Gasteiger partial charge in [-0.15, -0.1) is 0 Å². The van der Waals surface area contributed by atoms with Crippen LogP contribution in [0.4, 0.5) is 0 Å². The van der Waals surface area contributed by atoms with Crippen LogP contribution in [0, 0.1) is 5.92 Å². The van der Waals surface area contributed by atoms with Gasteiger partial charge in [-0.25, -0.2) is 8.42 Å². The van der Waals surface area contributed by atoms with Crippen LogP contribution in [0.25, 0.3) is 0 Å². The molecular weight excluding hydrogens is 452 g/mol. The Morgan fingerprint density at radius 1 is 1.03 bits per heavy atom. The van der Waals surface area contributed by atoms with Crippen molar-refractivity contribution in [3.63, 3.8) is 0 Å². The van der Waals surface area contributed by atoms with Crippen LogP contribution in [0.3, 0.4) is 0 Å². The summed E-state index contributed by atoms with van der Waals surface area (Å²) in [5.74, 6) is -1.07. The number of hydrogen-bond acceptors (Lipinski definition) is 5. The normalized spacial score (nSPS) is 16.7. The van der Waals surface area contributed by atoms with Crippen molar-refractivity contribution in [1.29, 1.82) is 0 Å². The van der Waals surface area contributed by atoms with Crippen molar-refractivity contribution in [2.75, 3.05) is 26.2 Å². The molecular formula is C26H32N2O5S. The molecule has 7 nitrogen and oxygen atoms in total. The number of sulfonamides is 1. The van der Waals surface area contributed by atoms with Gasteiger partial charge in [0.2, 0.25) is 10.0 Å². The Hall–Kier alpha value is -2.71. The summed E-state index contributed by atoms with van der Waals surface area (Å²) in [5.41, 5.74) is 3.37. The number of carbonyl (C=O) groups excluding carboxylic acids is 2. The monoisotopic (exact) mass is 484 g/mol. The molecule has 4 rings (SSSR count). The molecule has 1 saturated heterocycles. The number of aryl methyl sites for hydroxylation is 2. The van der Waals surface area contributed by atoms with Crippen LogP contribution in [0.2, 0.25) is 0 Å². The third-order valence-corrected chi connectivity index (χ3v) is 8.68. The molecule has 2 aromatic rings. The molecule has 0 aromatic heterocycles. The van der Waals surface area contributed by atoms with Crippen molar-refractivity contribution in [1.82, 2.24) is 9.21 Å². The Morgan fingerprint density at radius 2 is 1.74 bits per heavy atom. The Bertz CT molecular complexity index is 1130. The molecule has 2 aliphatic rings. The van der Waals surface area contributed by atoms with Crippen LogP contribution in [-0.2, 0) is 43.7 Å². The van der Waals surface area contributed by atoms with Gasteiger partial charge in [-0.3, -0.25) is 9.59 Å². The molecule has 0 spiro atoms. The summed E-state index contributed by atoms with van der Waals surface area (Å²) < 4.78 is 33.0. The summed E-state index contributed by atoms with van der Waals surface area (Å²) in [7, 11) is -3.58. The number of likely N-dealkylation sites (N-methyl/N-ethyl adjacent to an activating group) is 1. The van der Waals surface area contributed by atoms with Crippen molar-refractivity contribution < 1.29 is 22.7 Å². The fraction of sp³-hybridized carbons (Fsp3) is 0.462. The largest absolute Gasteiger partial charge is 0.455 e. The number of hydrogen-bond donors (Lipinski definition) is 0. The standard InChI is InChI=1S/C26H32N2O5S/c1-2-27(18-20-7-4-3-5-8-20)25(29)19-33-26(30)22-13-15-28(16-14-22)34(31,32)24-12-11-21-9-6-10-23(21)17-24/h3-5,7-8,11-12,17,22H,2,6,9-10,13-16,18-19H2,1H3. The number of piperidine rings is 1. The quantitative estimate of drug-likeness (QED) is 0.538. The average molecular weight is 485 g/mol. The van der Waals surface area contributed by atoms with Gasteiger partial charge in [-0.05, 0) is 67.9 Å². The van der Waals surface area contributed by atoms with Crippen LogP contribution in [-0.4, -0.2) is 55.7 Å². The molecule has 0 atom stereocenters. The Kier molecular flexibility index (Phi) is 7.68. The van der Waals surface area contributed by atoms with E-state index in [-0.39, 0.29) is 25.6 Å². The fourth-order valence-corrected chi connectivity index (χ4v) is 6.23. The summed E-state index contributed by atoms with van der Waals surface area (Å²) in [4.78, 5) is 27.1. The minimum Gasteiger partial charge on any atom is -0.455 e. The summed E-state index contributed by atoms with van der Waals surface area (Å²) in [6.45, 7) is 3.11. The molecule has 8 heteroatoms. The maximum absolute atomic E-state index is 13.1. The number of ether oxygens (including phenoxy) is 1. The van der Waals surface area contributed by atoms with Crippen LogP contribution >= 0.6 is 0 Å². The van der Waals surface area contributed by atoms with Crippen molar-refractivity contribution in [3.8, 4) is 0 Å². The van der Waals surface area contributed by atoms with Gasteiger partial charge >= 0.3 is 5.97 Å². The van der Waals surface area contributed by atoms with E-state index in [4.69, 9.17) is 4.74 Å². The van der Waals surface area contributed by atoms with Crippen LogP contribution in [0.15, 0.2) is 53.4 Å².